The van der Waals surface area contributed by atoms with Crippen molar-refractivity contribution in [2.75, 3.05) is 59.7 Å². The maximum absolute atomic E-state index is 9.67. The first kappa shape index (κ1) is 22.8. The van der Waals surface area contributed by atoms with Crippen LogP contribution in [0.1, 0.15) is 12.8 Å². The summed E-state index contributed by atoms with van der Waals surface area (Å²) in [5, 5.41) is 0. The van der Waals surface area contributed by atoms with E-state index in [1.165, 1.54) is 30.4 Å². The maximum Gasteiger partial charge on any atom is 0.762 e. The molecule has 1 fully saturated rings. The second-order valence-corrected chi connectivity index (χ2v) is 4.70. The highest BCUT2D eigenvalue weighted by Gasteiger charge is 2.30. The second-order valence-electron chi connectivity index (χ2n) is 4.70. The fourth-order valence-electron chi connectivity index (χ4n) is 2.33. The molecule has 0 radical (unpaired) electrons. The monoisotopic (exact) mass is 318 g/mol. The summed E-state index contributed by atoms with van der Waals surface area (Å²) in [6.45, 7) is 7.66. The van der Waals surface area contributed by atoms with Gasteiger partial charge in [-0.3, -0.25) is 12.9 Å². The third kappa shape index (κ3) is 12.9. The molecule has 4 nitrogen and oxygen atoms in total. The van der Waals surface area contributed by atoms with E-state index < -0.39 is 7.54 Å². The standard InChI is InChI=1S/C12H25NO3.BF3.FH/c1-14-9-7-13(5-3-4-6-13)8-10-16-12-11-15-2;2-1(3)4;/h2-12H2,1H3;;1H/q+2;;/p-1. The number of hydrogen-bond acceptors (Lipinski definition) is 3. The molecule has 0 aliphatic carbocycles. The minimum Gasteiger partial charge on any atom is -1.00 e. The first-order chi connectivity index (χ1) is 9.56. The van der Waals surface area contributed by atoms with E-state index in [9.17, 15) is 12.9 Å². The van der Waals surface area contributed by atoms with E-state index in [1.807, 2.05) is 0 Å². The molecule has 21 heavy (non-hydrogen) atoms. The highest BCUT2D eigenvalue weighted by molar-refractivity contribution is 6.33. The minimum absolute atomic E-state index is 0. The molecule has 1 aliphatic rings. The highest BCUT2D eigenvalue weighted by atomic mass is 19.4. The van der Waals surface area contributed by atoms with Gasteiger partial charge in [-0.1, -0.05) is 0 Å². The lowest BCUT2D eigenvalue weighted by Crippen LogP contribution is -3.00. The molecule has 0 saturated carbocycles. The van der Waals surface area contributed by atoms with Crippen LogP contribution in [0.5, 0.6) is 0 Å². The molecule has 0 aromatic carbocycles. The molecular weight excluding hydrogens is 293 g/mol. The topological polar surface area (TPSA) is 27.7 Å². The Morgan fingerprint density at radius 2 is 1.52 bits per heavy atom. The zero-order valence-electron chi connectivity index (χ0n) is 12.5. The lowest BCUT2D eigenvalue weighted by molar-refractivity contribution is -0.917. The molecule has 0 amide bonds. The Morgan fingerprint density at radius 1 is 1.00 bits per heavy atom. The van der Waals surface area contributed by atoms with Crippen molar-refractivity contribution in [3.8, 4) is 0 Å². The van der Waals surface area contributed by atoms with E-state index in [0.717, 1.165) is 26.3 Å². The van der Waals surface area contributed by atoms with Crippen molar-refractivity contribution in [2.24, 2.45) is 0 Å². The predicted octanol–water partition coefficient (Wildman–Crippen LogP) is -1.05. The van der Waals surface area contributed by atoms with Gasteiger partial charge in [0.1, 0.15) is 19.7 Å². The third-order valence-electron chi connectivity index (χ3n) is 3.37. The van der Waals surface area contributed by atoms with Crippen molar-refractivity contribution >= 4 is 7.54 Å². The molecule has 0 unspecified atom stereocenters. The molecule has 1 aliphatic heterocycles. The van der Waals surface area contributed by atoms with E-state index >= 15 is 0 Å². The molecule has 0 atom stereocenters. The number of likely N-dealkylation sites (tertiary alicyclic amines) is 1. The first-order valence-corrected chi connectivity index (χ1v) is 6.77. The van der Waals surface area contributed by atoms with Crippen molar-refractivity contribution in [1.29, 1.82) is 0 Å². The van der Waals surface area contributed by atoms with Crippen molar-refractivity contribution in [2.45, 2.75) is 12.8 Å². The van der Waals surface area contributed by atoms with Crippen molar-refractivity contribution in [3.05, 3.63) is 7.11 Å². The molecule has 0 N–H and O–H groups in total. The number of hydrogen-bond donors (Lipinski definition) is 0. The first-order valence-electron chi connectivity index (χ1n) is 6.77. The molecule has 9 heteroatoms. The smallest absolute Gasteiger partial charge is 0.762 e. The summed E-state index contributed by atoms with van der Waals surface area (Å²) in [6.07, 6.45) is 2.68. The molecule has 1 rings (SSSR count). The number of halogens is 4. The lowest BCUT2D eigenvalue weighted by Gasteiger charge is -2.33. The number of ether oxygens (including phenoxy) is 3. The molecule has 126 valence electrons. The number of rotatable bonds is 9. The van der Waals surface area contributed by atoms with Gasteiger partial charge >= 0.3 is 7.54 Å². The van der Waals surface area contributed by atoms with Crippen LogP contribution in [0.4, 0.5) is 12.9 Å². The molecular formula is C12H25BF4NO3+. The van der Waals surface area contributed by atoms with Gasteiger partial charge in [0.15, 0.2) is 0 Å². The van der Waals surface area contributed by atoms with Crippen LogP contribution in [-0.2, 0) is 14.2 Å². The summed E-state index contributed by atoms with van der Waals surface area (Å²) in [4.78, 5) is 0. The average molecular weight is 318 g/mol. The van der Waals surface area contributed by atoms with Crippen molar-refractivity contribution in [1.82, 2.24) is 0 Å². The lowest BCUT2D eigenvalue weighted by atomic mass is 10.4. The minimum atomic E-state index is -3.67. The zero-order valence-corrected chi connectivity index (χ0v) is 12.5. The van der Waals surface area contributed by atoms with E-state index in [0.29, 0.717) is 13.2 Å². The van der Waals surface area contributed by atoms with Gasteiger partial charge in [0.25, 0.3) is 0 Å². The number of methoxy groups -OCH3 is 1. The van der Waals surface area contributed by atoms with Crippen LogP contribution in [0.3, 0.4) is 0 Å². The van der Waals surface area contributed by atoms with Gasteiger partial charge in [-0.05, 0) is 0 Å². The average Bonchev–Trinajstić information content (AvgIpc) is 2.85. The number of quaternary nitrogens is 1. The molecule has 0 aromatic rings. The van der Waals surface area contributed by atoms with Crippen LogP contribution in [0.15, 0.2) is 0 Å². The van der Waals surface area contributed by atoms with Gasteiger partial charge in [0, 0.05) is 20.0 Å². The highest BCUT2D eigenvalue weighted by Crippen LogP contribution is 2.18. The Balaban J connectivity index is 0. The second kappa shape index (κ2) is 14.4. The van der Waals surface area contributed by atoms with Gasteiger partial charge < -0.3 is 18.7 Å². The quantitative estimate of drug-likeness (QED) is 0.179. The molecule has 0 spiro atoms. The molecule has 0 aromatic heterocycles. The summed E-state index contributed by atoms with van der Waals surface area (Å²) >= 11 is 0. The summed E-state index contributed by atoms with van der Waals surface area (Å²) < 4.78 is 45.6. The van der Waals surface area contributed by atoms with Crippen LogP contribution in [-0.4, -0.2) is 71.7 Å². The Bertz CT molecular complexity index is 220. The normalized spacial score (nSPS) is 15.8. The number of nitrogens with zero attached hydrogens (tertiary/aromatic N) is 1. The Labute approximate surface area is 124 Å². The zero-order chi connectivity index (χ0) is 15.3. The molecule has 0 bridgehead atoms. The molecule has 1 saturated heterocycles. The van der Waals surface area contributed by atoms with Crippen LogP contribution in [0, 0.1) is 7.11 Å². The Morgan fingerprint density at radius 3 is 2.00 bits per heavy atom. The van der Waals surface area contributed by atoms with Gasteiger partial charge in [0.2, 0.25) is 7.11 Å². The van der Waals surface area contributed by atoms with Gasteiger partial charge in [-0.15, -0.1) is 0 Å². The summed E-state index contributed by atoms with van der Waals surface area (Å²) in [5.74, 6) is 0. The van der Waals surface area contributed by atoms with E-state index in [-0.39, 0.29) is 4.70 Å². The van der Waals surface area contributed by atoms with Crippen LogP contribution in [0.25, 0.3) is 0 Å². The predicted molar refractivity (Wildman–Crippen MR) is 72.0 cm³/mol. The summed E-state index contributed by atoms with van der Waals surface area (Å²) in [6, 6.07) is 0. The maximum atomic E-state index is 9.67. The van der Waals surface area contributed by atoms with E-state index in [4.69, 9.17) is 14.2 Å². The molecule has 1 heterocycles. The van der Waals surface area contributed by atoms with Crippen LogP contribution < -0.4 is 4.70 Å². The van der Waals surface area contributed by atoms with Crippen LogP contribution in [0.2, 0.25) is 0 Å². The summed E-state index contributed by atoms with van der Waals surface area (Å²) in [5.41, 5.74) is 0. The van der Waals surface area contributed by atoms with Crippen molar-refractivity contribution < 1.29 is 36.3 Å². The Hall–Kier alpha value is -0.505. The van der Waals surface area contributed by atoms with Gasteiger partial charge in [-0.25, -0.2) is 0 Å². The largest absolute Gasteiger partial charge is 1.00 e. The van der Waals surface area contributed by atoms with E-state index in [1.54, 1.807) is 7.11 Å². The summed E-state index contributed by atoms with van der Waals surface area (Å²) in [7, 11) is 1.42. The van der Waals surface area contributed by atoms with Gasteiger partial charge in [-0.2, -0.15) is 4.74 Å². The van der Waals surface area contributed by atoms with E-state index in [2.05, 4.69) is 7.11 Å². The van der Waals surface area contributed by atoms with Crippen LogP contribution >= 0.6 is 0 Å². The van der Waals surface area contributed by atoms with Gasteiger partial charge in [0.05, 0.1) is 32.9 Å². The fourth-order valence-corrected chi connectivity index (χ4v) is 2.33. The SMILES string of the molecule is FB(F)F.[CH2+]OCCOCC[N+]1(CCOC)CCCC1.[F-]. The Kier molecular flexibility index (Phi) is 15.7. The third-order valence-corrected chi connectivity index (χ3v) is 3.37. The van der Waals surface area contributed by atoms with Crippen molar-refractivity contribution in [3.63, 3.8) is 0 Å². The fraction of sp³-hybridized carbons (Fsp3) is 0.917.